The average Bonchev–Trinajstić information content (AvgIpc) is 3.27. The number of carbonyl (C=O) groups excluding carboxylic acids is 1. The number of piperazine rings is 1. The zero-order chi connectivity index (χ0) is 20.1. The zero-order valence-electron chi connectivity index (χ0n) is 16.0. The summed E-state index contributed by atoms with van der Waals surface area (Å²) in [4.78, 5) is 14.3. The van der Waals surface area contributed by atoms with E-state index in [1.165, 1.54) is 15.6 Å². The van der Waals surface area contributed by atoms with Crippen LogP contribution in [-0.4, -0.2) is 63.9 Å². The monoisotopic (exact) mass is 424 g/mol. The Morgan fingerprint density at radius 3 is 2.25 bits per heavy atom. The van der Waals surface area contributed by atoms with Crippen molar-refractivity contribution >= 4 is 27.3 Å². The van der Waals surface area contributed by atoms with Gasteiger partial charge >= 0.3 is 0 Å². The number of carbonyl (C=O) groups is 1. The number of hydrogen-bond donors (Lipinski definition) is 0. The van der Waals surface area contributed by atoms with Gasteiger partial charge in [-0.05, 0) is 35.6 Å². The molecule has 0 spiro atoms. The number of ether oxygens (including phenoxy) is 2. The predicted octanol–water partition coefficient (Wildman–Crippen LogP) is 2.23. The number of nitrogens with zero attached hydrogens (tertiary/aromatic N) is 2. The third-order valence-electron chi connectivity index (χ3n) is 4.72. The first-order valence-electron chi connectivity index (χ1n) is 8.97. The minimum Gasteiger partial charge on any atom is -0.497 e. The average molecular weight is 425 g/mol. The molecule has 0 N–H and O–H groups in total. The molecule has 3 rings (SSSR count). The van der Waals surface area contributed by atoms with Gasteiger partial charge in [0, 0.05) is 38.7 Å². The fraction of sp³-hybridized carbons (Fsp3) is 0.421. The van der Waals surface area contributed by atoms with Gasteiger partial charge in [0.25, 0.3) is 10.0 Å². The maximum atomic E-state index is 12.6. The Morgan fingerprint density at radius 2 is 1.71 bits per heavy atom. The number of hydrogen-bond acceptors (Lipinski definition) is 6. The lowest BCUT2D eigenvalue weighted by Crippen LogP contribution is -2.50. The summed E-state index contributed by atoms with van der Waals surface area (Å²) in [5.74, 6) is 1.40. The zero-order valence-corrected chi connectivity index (χ0v) is 17.6. The van der Waals surface area contributed by atoms with Gasteiger partial charge in [-0.2, -0.15) is 4.31 Å². The molecule has 0 radical (unpaired) electrons. The number of rotatable bonds is 7. The predicted molar refractivity (Wildman–Crippen MR) is 108 cm³/mol. The quantitative estimate of drug-likeness (QED) is 0.681. The molecule has 2 aromatic rings. The Balaban J connectivity index is 1.55. The summed E-state index contributed by atoms with van der Waals surface area (Å²) < 4.78 is 37.4. The van der Waals surface area contributed by atoms with Gasteiger partial charge < -0.3 is 14.4 Å². The summed E-state index contributed by atoms with van der Waals surface area (Å²) in [6, 6.07) is 8.91. The van der Waals surface area contributed by atoms with Crippen molar-refractivity contribution < 1.29 is 22.7 Å². The molecule has 0 aliphatic carbocycles. The lowest BCUT2D eigenvalue weighted by atomic mass is 10.1. The highest BCUT2D eigenvalue weighted by molar-refractivity contribution is 7.91. The van der Waals surface area contributed by atoms with Gasteiger partial charge in [-0.3, -0.25) is 4.79 Å². The molecule has 1 aromatic heterocycles. The van der Waals surface area contributed by atoms with Crippen LogP contribution in [0.15, 0.2) is 39.9 Å². The summed E-state index contributed by atoms with van der Waals surface area (Å²) >= 11 is 1.21. The molecule has 9 heteroatoms. The molecule has 1 amide bonds. The fourth-order valence-electron chi connectivity index (χ4n) is 3.14. The molecule has 7 nitrogen and oxygen atoms in total. The van der Waals surface area contributed by atoms with E-state index in [4.69, 9.17) is 9.47 Å². The maximum absolute atomic E-state index is 12.6. The van der Waals surface area contributed by atoms with Gasteiger partial charge in [0.2, 0.25) is 5.91 Å². The molecule has 152 valence electrons. The van der Waals surface area contributed by atoms with Crippen molar-refractivity contribution in [2.24, 2.45) is 0 Å². The molecule has 0 atom stereocenters. The van der Waals surface area contributed by atoms with Crippen LogP contribution in [-0.2, 0) is 21.2 Å². The Hall–Kier alpha value is -2.10. The molecular weight excluding hydrogens is 400 g/mol. The van der Waals surface area contributed by atoms with Crippen LogP contribution < -0.4 is 9.47 Å². The summed E-state index contributed by atoms with van der Waals surface area (Å²) in [7, 11) is -0.271. The fourth-order valence-corrected chi connectivity index (χ4v) is 5.70. The molecule has 0 saturated carbocycles. The Morgan fingerprint density at radius 1 is 1.07 bits per heavy atom. The Labute approximate surface area is 169 Å². The van der Waals surface area contributed by atoms with Gasteiger partial charge in [0.15, 0.2) is 0 Å². The molecule has 28 heavy (non-hydrogen) atoms. The van der Waals surface area contributed by atoms with E-state index in [1.54, 1.807) is 42.7 Å². The smallest absolute Gasteiger partial charge is 0.252 e. The van der Waals surface area contributed by atoms with Crippen molar-refractivity contribution in [3.05, 3.63) is 41.3 Å². The van der Waals surface area contributed by atoms with Crippen LogP contribution in [0.4, 0.5) is 0 Å². The second-order valence-corrected chi connectivity index (χ2v) is 9.55. The highest BCUT2D eigenvalue weighted by Crippen LogP contribution is 2.24. The molecule has 1 aliphatic heterocycles. The summed E-state index contributed by atoms with van der Waals surface area (Å²) in [6.45, 7) is 1.45. The molecule has 1 aliphatic rings. The van der Waals surface area contributed by atoms with Gasteiger partial charge in [-0.1, -0.05) is 6.07 Å². The molecule has 1 saturated heterocycles. The first-order chi connectivity index (χ1) is 13.4. The standard InChI is InChI=1S/C19H24N2O5S2/c1-25-16-12-15(13-17(14-16)26-2)5-6-18(22)20-7-9-21(10-8-20)28(23,24)19-4-3-11-27-19/h3-4,11-14H,5-10H2,1-2H3. The largest absolute Gasteiger partial charge is 0.497 e. The first-order valence-corrected chi connectivity index (χ1v) is 11.3. The third kappa shape index (κ3) is 4.65. The van der Waals surface area contributed by atoms with Crippen LogP contribution in [0.2, 0.25) is 0 Å². The van der Waals surface area contributed by atoms with Crippen LogP contribution >= 0.6 is 11.3 Å². The van der Waals surface area contributed by atoms with Gasteiger partial charge in [0.05, 0.1) is 14.2 Å². The summed E-state index contributed by atoms with van der Waals surface area (Å²) in [6.07, 6.45) is 0.925. The molecule has 1 aromatic carbocycles. The lowest BCUT2D eigenvalue weighted by molar-refractivity contribution is -0.132. The number of methoxy groups -OCH3 is 2. The van der Waals surface area contributed by atoms with Crippen molar-refractivity contribution in [2.45, 2.75) is 17.1 Å². The third-order valence-corrected chi connectivity index (χ3v) is 7.99. The Kier molecular flexibility index (Phi) is 6.58. The second-order valence-electron chi connectivity index (χ2n) is 6.44. The van der Waals surface area contributed by atoms with Crippen LogP contribution in [0.1, 0.15) is 12.0 Å². The van der Waals surface area contributed by atoms with Crippen molar-refractivity contribution in [1.82, 2.24) is 9.21 Å². The SMILES string of the molecule is COc1cc(CCC(=O)N2CCN(S(=O)(=O)c3cccs3)CC2)cc(OC)c1. The normalized spacial score (nSPS) is 15.4. The second kappa shape index (κ2) is 8.93. The van der Waals surface area contributed by atoms with E-state index in [1.807, 2.05) is 12.1 Å². The van der Waals surface area contributed by atoms with E-state index < -0.39 is 10.0 Å². The van der Waals surface area contributed by atoms with Crippen molar-refractivity contribution in [2.75, 3.05) is 40.4 Å². The van der Waals surface area contributed by atoms with Crippen molar-refractivity contribution in [1.29, 1.82) is 0 Å². The molecule has 0 bridgehead atoms. The number of thiophene rings is 1. The number of aryl methyl sites for hydroxylation is 1. The van der Waals surface area contributed by atoms with E-state index in [2.05, 4.69) is 0 Å². The summed E-state index contributed by atoms with van der Waals surface area (Å²) in [5, 5.41) is 1.75. The molecular formula is C19H24N2O5S2. The van der Waals surface area contributed by atoms with E-state index >= 15 is 0 Å². The highest BCUT2D eigenvalue weighted by atomic mass is 32.2. The molecule has 2 heterocycles. The lowest BCUT2D eigenvalue weighted by Gasteiger charge is -2.33. The van der Waals surface area contributed by atoms with E-state index in [0.29, 0.717) is 54.7 Å². The van der Waals surface area contributed by atoms with Crippen LogP contribution in [0.3, 0.4) is 0 Å². The number of amides is 1. The van der Waals surface area contributed by atoms with Crippen molar-refractivity contribution in [3.63, 3.8) is 0 Å². The van der Waals surface area contributed by atoms with Gasteiger partial charge in [-0.15, -0.1) is 11.3 Å². The minimum absolute atomic E-state index is 0.0231. The summed E-state index contributed by atoms with van der Waals surface area (Å²) in [5.41, 5.74) is 0.962. The molecule has 1 fully saturated rings. The highest BCUT2D eigenvalue weighted by Gasteiger charge is 2.30. The van der Waals surface area contributed by atoms with Crippen LogP contribution in [0, 0.1) is 0 Å². The molecule has 0 unspecified atom stereocenters. The Bertz CT molecular complexity index is 882. The van der Waals surface area contributed by atoms with Crippen LogP contribution in [0.25, 0.3) is 0 Å². The topological polar surface area (TPSA) is 76.2 Å². The van der Waals surface area contributed by atoms with Crippen molar-refractivity contribution in [3.8, 4) is 11.5 Å². The van der Waals surface area contributed by atoms with E-state index in [9.17, 15) is 13.2 Å². The number of sulfonamides is 1. The van der Waals surface area contributed by atoms with E-state index in [0.717, 1.165) is 5.56 Å². The van der Waals surface area contributed by atoms with E-state index in [-0.39, 0.29) is 5.91 Å². The van der Waals surface area contributed by atoms with Gasteiger partial charge in [-0.25, -0.2) is 8.42 Å². The minimum atomic E-state index is -3.45. The van der Waals surface area contributed by atoms with Gasteiger partial charge in [0.1, 0.15) is 15.7 Å². The maximum Gasteiger partial charge on any atom is 0.252 e. The number of benzene rings is 1. The first kappa shape index (κ1) is 20.6. The van der Waals surface area contributed by atoms with Crippen LogP contribution in [0.5, 0.6) is 11.5 Å².